The first-order valence-electron chi connectivity index (χ1n) is 6.02. The molecule has 0 bridgehead atoms. The van der Waals surface area contributed by atoms with Gasteiger partial charge in [-0.05, 0) is 32.0 Å². The molecule has 17 heavy (non-hydrogen) atoms. The average molecular weight is 236 g/mol. The maximum atomic E-state index is 12.6. The van der Waals surface area contributed by atoms with Gasteiger partial charge in [0.05, 0.1) is 6.20 Å². The summed E-state index contributed by atoms with van der Waals surface area (Å²) in [6.45, 7) is 0.753. The minimum absolute atomic E-state index is 0.0174. The first-order valence-corrected chi connectivity index (χ1v) is 6.02. The van der Waals surface area contributed by atoms with Crippen LogP contribution in [0.1, 0.15) is 36.2 Å². The molecule has 0 atom stereocenters. The van der Waals surface area contributed by atoms with Gasteiger partial charge in [-0.2, -0.15) is 0 Å². The van der Waals surface area contributed by atoms with E-state index in [1.54, 1.807) is 0 Å². The first-order chi connectivity index (χ1) is 8.16. The van der Waals surface area contributed by atoms with E-state index in [1.807, 2.05) is 0 Å². The van der Waals surface area contributed by atoms with Crippen LogP contribution >= 0.6 is 0 Å². The lowest BCUT2D eigenvalue weighted by Crippen LogP contribution is -2.38. The van der Waals surface area contributed by atoms with Crippen molar-refractivity contribution in [3.05, 3.63) is 29.8 Å². The predicted octanol–water partition coefficient (Wildman–Crippen LogP) is 2.28. The number of carbonyl (C=O) groups excluding carboxylic acids is 1. The fourth-order valence-electron chi connectivity index (χ4n) is 1.96. The van der Waals surface area contributed by atoms with Crippen molar-refractivity contribution in [1.82, 2.24) is 9.88 Å². The third-order valence-corrected chi connectivity index (χ3v) is 3.40. The Bertz CT molecular complexity index is 387. The summed E-state index contributed by atoms with van der Waals surface area (Å²) in [7, 11) is 2.05. The van der Waals surface area contributed by atoms with E-state index in [4.69, 9.17) is 0 Å². The Morgan fingerprint density at radius 3 is 2.82 bits per heavy atom. The number of carbonyl (C=O) groups is 1. The van der Waals surface area contributed by atoms with Crippen LogP contribution in [0.4, 0.5) is 4.39 Å². The average Bonchev–Trinajstić information content (AvgIpc) is 2.24. The molecule has 0 radical (unpaired) electrons. The Morgan fingerprint density at radius 1 is 1.53 bits per heavy atom. The summed E-state index contributed by atoms with van der Waals surface area (Å²) in [5.41, 5.74) is 0.355. The van der Waals surface area contributed by atoms with Crippen molar-refractivity contribution in [2.24, 2.45) is 0 Å². The van der Waals surface area contributed by atoms with Gasteiger partial charge in [0, 0.05) is 19.0 Å². The molecule has 0 unspecified atom stereocenters. The maximum Gasteiger partial charge on any atom is 0.182 e. The molecule has 3 nitrogen and oxygen atoms in total. The zero-order chi connectivity index (χ0) is 12.3. The number of aromatic nitrogens is 1. The number of rotatable bonds is 5. The molecule has 0 amide bonds. The van der Waals surface area contributed by atoms with Crippen molar-refractivity contribution < 1.29 is 9.18 Å². The molecular weight excluding hydrogens is 219 g/mol. The number of pyridine rings is 1. The minimum atomic E-state index is -0.409. The van der Waals surface area contributed by atoms with E-state index >= 15 is 0 Å². The Hall–Kier alpha value is -1.29. The van der Waals surface area contributed by atoms with Crippen molar-refractivity contribution in [2.45, 2.75) is 31.7 Å². The Balaban J connectivity index is 1.82. The molecule has 1 fully saturated rings. The molecule has 1 heterocycles. The molecule has 0 aromatic carbocycles. The SMILES string of the molecule is CN(CCC(=O)c1ccc(F)cn1)C1CCC1. The van der Waals surface area contributed by atoms with Gasteiger partial charge < -0.3 is 4.90 Å². The normalized spacial score (nSPS) is 15.9. The lowest BCUT2D eigenvalue weighted by Gasteiger charge is -2.34. The van der Waals surface area contributed by atoms with Crippen molar-refractivity contribution >= 4 is 5.78 Å². The quantitative estimate of drug-likeness (QED) is 0.735. The Morgan fingerprint density at radius 2 is 2.29 bits per heavy atom. The number of hydrogen-bond acceptors (Lipinski definition) is 3. The van der Waals surface area contributed by atoms with Gasteiger partial charge in [-0.3, -0.25) is 9.78 Å². The van der Waals surface area contributed by atoms with Crippen molar-refractivity contribution in [2.75, 3.05) is 13.6 Å². The van der Waals surface area contributed by atoms with Gasteiger partial charge in [0.15, 0.2) is 5.78 Å². The molecule has 1 saturated carbocycles. The second-order valence-electron chi connectivity index (χ2n) is 4.60. The van der Waals surface area contributed by atoms with Crippen LogP contribution in [0.25, 0.3) is 0 Å². The fourth-order valence-corrected chi connectivity index (χ4v) is 1.96. The van der Waals surface area contributed by atoms with Crippen LogP contribution in [0.5, 0.6) is 0 Å². The minimum Gasteiger partial charge on any atom is -0.303 e. The molecule has 0 spiro atoms. The summed E-state index contributed by atoms with van der Waals surface area (Å²) >= 11 is 0. The monoisotopic (exact) mass is 236 g/mol. The molecule has 0 saturated heterocycles. The van der Waals surface area contributed by atoms with Gasteiger partial charge in [-0.1, -0.05) is 6.42 Å². The van der Waals surface area contributed by atoms with Crippen LogP contribution in [0.15, 0.2) is 18.3 Å². The summed E-state index contributed by atoms with van der Waals surface area (Å²) in [4.78, 5) is 17.8. The van der Waals surface area contributed by atoms with Crippen LogP contribution in [0, 0.1) is 5.82 Å². The molecular formula is C13H17FN2O. The van der Waals surface area contributed by atoms with Gasteiger partial charge in [-0.15, -0.1) is 0 Å². The zero-order valence-corrected chi connectivity index (χ0v) is 10.0. The van der Waals surface area contributed by atoms with Gasteiger partial charge >= 0.3 is 0 Å². The highest BCUT2D eigenvalue weighted by Gasteiger charge is 2.22. The van der Waals surface area contributed by atoms with Crippen molar-refractivity contribution in [3.63, 3.8) is 0 Å². The van der Waals surface area contributed by atoms with E-state index in [1.165, 1.54) is 31.4 Å². The molecule has 1 aliphatic carbocycles. The number of ketones is 1. The van der Waals surface area contributed by atoms with Crippen LogP contribution in [0.3, 0.4) is 0 Å². The number of nitrogens with zero attached hydrogens (tertiary/aromatic N) is 2. The molecule has 1 aromatic heterocycles. The lowest BCUT2D eigenvalue weighted by atomic mass is 9.92. The highest BCUT2D eigenvalue weighted by molar-refractivity contribution is 5.94. The van der Waals surface area contributed by atoms with Gasteiger partial charge in [0.2, 0.25) is 0 Å². The molecule has 0 N–H and O–H groups in total. The predicted molar refractivity (Wildman–Crippen MR) is 63.4 cm³/mol. The van der Waals surface area contributed by atoms with Gasteiger partial charge in [0.25, 0.3) is 0 Å². The van der Waals surface area contributed by atoms with E-state index in [0.717, 1.165) is 12.7 Å². The van der Waals surface area contributed by atoms with Crippen LogP contribution in [0.2, 0.25) is 0 Å². The van der Waals surface area contributed by atoms with Crippen LogP contribution in [-0.4, -0.2) is 35.3 Å². The number of halogens is 1. The lowest BCUT2D eigenvalue weighted by molar-refractivity contribution is 0.0935. The second kappa shape index (κ2) is 5.36. The molecule has 92 valence electrons. The molecule has 1 aromatic rings. The Kier molecular flexibility index (Phi) is 3.84. The standard InChI is InChI=1S/C13H17FN2O/c1-16(11-3-2-4-11)8-7-13(17)12-6-5-10(14)9-15-12/h5-6,9,11H,2-4,7-8H2,1H3. The third kappa shape index (κ3) is 3.09. The topological polar surface area (TPSA) is 33.2 Å². The summed E-state index contributed by atoms with van der Waals surface area (Å²) in [6, 6.07) is 3.36. The number of Topliss-reactive ketones (excluding diaryl/α,β-unsaturated/α-hetero) is 1. The smallest absolute Gasteiger partial charge is 0.182 e. The van der Waals surface area contributed by atoms with Crippen LogP contribution in [-0.2, 0) is 0 Å². The van der Waals surface area contributed by atoms with Gasteiger partial charge in [0.1, 0.15) is 11.5 Å². The highest BCUT2D eigenvalue weighted by Crippen LogP contribution is 2.23. The summed E-state index contributed by atoms with van der Waals surface area (Å²) in [5, 5.41) is 0. The van der Waals surface area contributed by atoms with Gasteiger partial charge in [-0.25, -0.2) is 4.39 Å². The highest BCUT2D eigenvalue weighted by atomic mass is 19.1. The van der Waals surface area contributed by atoms with Crippen molar-refractivity contribution in [1.29, 1.82) is 0 Å². The molecule has 0 aliphatic heterocycles. The zero-order valence-electron chi connectivity index (χ0n) is 10.0. The van der Waals surface area contributed by atoms with E-state index in [-0.39, 0.29) is 5.78 Å². The molecule has 4 heteroatoms. The number of hydrogen-bond donors (Lipinski definition) is 0. The maximum absolute atomic E-state index is 12.6. The van der Waals surface area contributed by atoms with E-state index in [2.05, 4.69) is 16.9 Å². The van der Waals surface area contributed by atoms with E-state index in [9.17, 15) is 9.18 Å². The second-order valence-corrected chi connectivity index (χ2v) is 4.60. The van der Waals surface area contributed by atoms with E-state index < -0.39 is 5.82 Å². The molecule has 2 rings (SSSR count). The van der Waals surface area contributed by atoms with Crippen molar-refractivity contribution in [3.8, 4) is 0 Å². The third-order valence-electron chi connectivity index (χ3n) is 3.40. The summed E-state index contributed by atoms with van der Waals surface area (Å²) in [5.74, 6) is -0.427. The largest absolute Gasteiger partial charge is 0.303 e. The first kappa shape index (κ1) is 12.2. The van der Waals surface area contributed by atoms with Crippen LogP contribution < -0.4 is 0 Å². The molecule has 1 aliphatic rings. The summed E-state index contributed by atoms with van der Waals surface area (Å²) in [6.07, 6.45) is 5.30. The fraction of sp³-hybridized carbons (Fsp3) is 0.538. The Labute approximate surface area is 101 Å². The van der Waals surface area contributed by atoms with E-state index in [0.29, 0.717) is 18.2 Å². The summed E-state index contributed by atoms with van der Waals surface area (Å²) < 4.78 is 12.6.